The van der Waals surface area contributed by atoms with Crippen LogP contribution in [0.2, 0.25) is 0 Å². The molecule has 5 nitrogen and oxygen atoms in total. The third-order valence-corrected chi connectivity index (χ3v) is 4.34. The molecule has 118 valence electrons. The Hall–Kier alpha value is -1.88. The molecule has 2 aliphatic heterocycles. The van der Waals surface area contributed by atoms with E-state index in [0.29, 0.717) is 13.1 Å². The standard InChI is InChI=1S/C17H22N2O3/c1-12-4-2-5-14(8-12)19-11-13(9-16(19)20)17(21)18-10-15-6-3-7-22-15/h2,4-5,8,13,15H,3,6-7,9-11H2,1H3,(H,18,21)/t13-,15+/m1/s1. The van der Waals surface area contributed by atoms with Gasteiger partial charge >= 0.3 is 0 Å². The summed E-state index contributed by atoms with van der Waals surface area (Å²) < 4.78 is 5.50. The number of benzene rings is 1. The fraction of sp³-hybridized carbons (Fsp3) is 0.529. The van der Waals surface area contributed by atoms with Crippen molar-refractivity contribution in [1.82, 2.24) is 5.32 Å². The molecule has 0 spiro atoms. The fourth-order valence-corrected chi connectivity index (χ4v) is 3.09. The normalized spacial score (nSPS) is 24.8. The van der Waals surface area contributed by atoms with Crippen molar-refractivity contribution in [3.63, 3.8) is 0 Å². The van der Waals surface area contributed by atoms with E-state index in [9.17, 15) is 9.59 Å². The van der Waals surface area contributed by atoms with Gasteiger partial charge in [-0.05, 0) is 37.5 Å². The van der Waals surface area contributed by atoms with Crippen LogP contribution in [0.5, 0.6) is 0 Å². The van der Waals surface area contributed by atoms with Crippen molar-refractivity contribution in [2.75, 3.05) is 24.6 Å². The first-order valence-electron chi connectivity index (χ1n) is 7.90. The molecule has 2 amide bonds. The summed E-state index contributed by atoms with van der Waals surface area (Å²) in [6.45, 7) is 3.78. The summed E-state index contributed by atoms with van der Waals surface area (Å²) in [6, 6.07) is 7.82. The van der Waals surface area contributed by atoms with Crippen LogP contribution in [0, 0.1) is 12.8 Å². The number of hydrogen-bond donors (Lipinski definition) is 1. The predicted octanol–water partition coefficient (Wildman–Crippen LogP) is 1.64. The molecule has 2 atom stereocenters. The van der Waals surface area contributed by atoms with Gasteiger partial charge in [-0.1, -0.05) is 12.1 Å². The molecule has 2 heterocycles. The SMILES string of the molecule is Cc1cccc(N2C[C@H](C(=O)NC[C@@H]3CCCO3)CC2=O)c1. The topological polar surface area (TPSA) is 58.6 Å². The van der Waals surface area contributed by atoms with E-state index in [-0.39, 0.29) is 30.3 Å². The molecule has 2 aliphatic rings. The lowest BCUT2D eigenvalue weighted by atomic mass is 10.1. The smallest absolute Gasteiger partial charge is 0.227 e. The number of aryl methyl sites for hydroxylation is 1. The first-order chi connectivity index (χ1) is 10.6. The van der Waals surface area contributed by atoms with Gasteiger partial charge in [0.1, 0.15) is 0 Å². The highest BCUT2D eigenvalue weighted by atomic mass is 16.5. The van der Waals surface area contributed by atoms with Crippen molar-refractivity contribution in [1.29, 1.82) is 0 Å². The predicted molar refractivity (Wildman–Crippen MR) is 83.6 cm³/mol. The maximum absolute atomic E-state index is 12.2. The average Bonchev–Trinajstić information content (AvgIpc) is 3.14. The van der Waals surface area contributed by atoms with Gasteiger partial charge in [0, 0.05) is 31.8 Å². The molecule has 2 saturated heterocycles. The third kappa shape index (κ3) is 3.30. The van der Waals surface area contributed by atoms with Crippen LogP contribution in [-0.4, -0.2) is 37.6 Å². The first kappa shape index (κ1) is 15.0. The molecule has 2 fully saturated rings. The Kier molecular flexibility index (Phi) is 4.43. The molecular formula is C17H22N2O3. The van der Waals surface area contributed by atoms with Crippen molar-refractivity contribution in [2.45, 2.75) is 32.3 Å². The summed E-state index contributed by atoms with van der Waals surface area (Å²) in [6.07, 6.45) is 2.47. The molecule has 0 aliphatic carbocycles. The number of anilines is 1. The Bertz CT molecular complexity index is 567. The summed E-state index contributed by atoms with van der Waals surface area (Å²) in [7, 11) is 0. The number of rotatable bonds is 4. The van der Waals surface area contributed by atoms with Crippen molar-refractivity contribution in [3.8, 4) is 0 Å². The van der Waals surface area contributed by atoms with Crippen LogP contribution >= 0.6 is 0 Å². The monoisotopic (exact) mass is 302 g/mol. The van der Waals surface area contributed by atoms with Crippen molar-refractivity contribution >= 4 is 17.5 Å². The summed E-state index contributed by atoms with van der Waals surface area (Å²) in [5, 5.41) is 2.93. The van der Waals surface area contributed by atoms with Crippen LogP contribution in [0.1, 0.15) is 24.8 Å². The molecule has 1 aromatic carbocycles. The van der Waals surface area contributed by atoms with Crippen LogP contribution < -0.4 is 10.2 Å². The number of ether oxygens (including phenoxy) is 1. The van der Waals surface area contributed by atoms with Gasteiger partial charge in [-0.15, -0.1) is 0 Å². The highest BCUT2D eigenvalue weighted by Crippen LogP contribution is 2.25. The second-order valence-electron chi connectivity index (χ2n) is 6.12. The summed E-state index contributed by atoms with van der Waals surface area (Å²) in [4.78, 5) is 26.1. The molecular weight excluding hydrogens is 280 g/mol. The Balaban J connectivity index is 1.57. The largest absolute Gasteiger partial charge is 0.376 e. The van der Waals surface area contributed by atoms with Gasteiger partial charge in [-0.3, -0.25) is 9.59 Å². The lowest BCUT2D eigenvalue weighted by Crippen LogP contribution is -2.37. The van der Waals surface area contributed by atoms with Gasteiger partial charge in [-0.2, -0.15) is 0 Å². The average molecular weight is 302 g/mol. The van der Waals surface area contributed by atoms with Gasteiger partial charge in [0.05, 0.1) is 12.0 Å². The van der Waals surface area contributed by atoms with Crippen molar-refractivity contribution in [2.24, 2.45) is 5.92 Å². The highest BCUT2D eigenvalue weighted by molar-refractivity contribution is 6.00. The van der Waals surface area contributed by atoms with Crippen LogP contribution in [0.4, 0.5) is 5.69 Å². The zero-order chi connectivity index (χ0) is 15.5. The van der Waals surface area contributed by atoms with E-state index in [1.807, 2.05) is 31.2 Å². The van der Waals surface area contributed by atoms with E-state index in [1.165, 1.54) is 0 Å². The van der Waals surface area contributed by atoms with E-state index in [0.717, 1.165) is 30.7 Å². The van der Waals surface area contributed by atoms with E-state index in [2.05, 4.69) is 5.32 Å². The van der Waals surface area contributed by atoms with Gasteiger partial charge in [0.2, 0.25) is 11.8 Å². The Labute approximate surface area is 130 Å². The molecule has 0 radical (unpaired) electrons. The van der Waals surface area contributed by atoms with Gasteiger partial charge < -0.3 is 15.0 Å². The summed E-state index contributed by atoms with van der Waals surface area (Å²) >= 11 is 0. The number of amides is 2. The lowest BCUT2D eigenvalue weighted by molar-refractivity contribution is -0.126. The maximum atomic E-state index is 12.2. The maximum Gasteiger partial charge on any atom is 0.227 e. The summed E-state index contributed by atoms with van der Waals surface area (Å²) in [5.41, 5.74) is 1.98. The molecule has 1 N–H and O–H groups in total. The van der Waals surface area contributed by atoms with Gasteiger partial charge in [0.15, 0.2) is 0 Å². The number of hydrogen-bond acceptors (Lipinski definition) is 3. The van der Waals surface area contributed by atoms with Crippen LogP contribution in [0.3, 0.4) is 0 Å². The minimum Gasteiger partial charge on any atom is -0.376 e. The molecule has 1 aromatic rings. The van der Waals surface area contributed by atoms with Crippen LogP contribution in [0.15, 0.2) is 24.3 Å². The van der Waals surface area contributed by atoms with E-state index in [4.69, 9.17) is 4.74 Å². The number of carbonyl (C=O) groups is 2. The van der Waals surface area contributed by atoms with E-state index >= 15 is 0 Å². The zero-order valence-electron chi connectivity index (χ0n) is 12.9. The lowest BCUT2D eigenvalue weighted by Gasteiger charge is -2.17. The van der Waals surface area contributed by atoms with Crippen molar-refractivity contribution in [3.05, 3.63) is 29.8 Å². The van der Waals surface area contributed by atoms with E-state index in [1.54, 1.807) is 4.90 Å². The molecule has 22 heavy (non-hydrogen) atoms. The molecule has 5 heteroatoms. The molecule has 3 rings (SSSR count). The molecule has 0 aromatic heterocycles. The minimum atomic E-state index is -0.269. The third-order valence-electron chi connectivity index (χ3n) is 4.34. The minimum absolute atomic E-state index is 0.0165. The molecule has 0 bridgehead atoms. The van der Waals surface area contributed by atoms with Crippen LogP contribution in [0.25, 0.3) is 0 Å². The van der Waals surface area contributed by atoms with Crippen molar-refractivity contribution < 1.29 is 14.3 Å². The number of carbonyl (C=O) groups excluding carboxylic acids is 2. The van der Waals surface area contributed by atoms with Gasteiger partial charge in [-0.25, -0.2) is 0 Å². The number of nitrogens with one attached hydrogen (secondary N) is 1. The number of nitrogens with zero attached hydrogens (tertiary/aromatic N) is 1. The molecule has 0 saturated carbocycles. The zero-order valence-corrected chi connectivity index (χ0v) is 12.9. The summed E-state index contributed by atoms with van der Waals surface area (Å²) in [5.74, 6) is -0.295. The Morgan fingerprint density at radius 1 is 1.45 bits per heavy atom. The first-order valence-corrected chi connectivity index (χ1v) is 7.90. The quantitative estimate of drug-likeness (QED) is 0.920. The highest BCUT2D eigenvalue weighted by Gasteiger charge is 2.35. The Morgan fingerprint density at radius 2 is 2.32 bits per heavy atom. The van der Waals surface area contributed by atoms with Crippen LogP contribution in [-0.2, 0) is 14.3 Å². The van der Waals surface area contributed by atoms with E-state index < -0.39 is 0 Å². The second-order valence-corrected chi connectivity index (χ2v) is 6.12. The van der Waals surface area contributed by atoms with Gasteiger partial charge in [0.25, 0.3) is 0 Å². The Morgan fingerprint density at radius 3 is 3.05 bits per heavy atom. The molecule has 0 unspecified atom stereocenters. The second kappa shape index (κ2) is 6.48. The fourth-order valence-electron chi connectivity index (χ4n) is 3.09.